The fourth-order valence-electron chi connectivity index (χ4n) is 4.24. The highest BCUT2D eigenvalue weighted by Gasteiger charge is 2.38. The Kier molecular flexibility index (Phi) is 10.4. The lowest BCUT2D eigenvalue weighted by atomic mass is 9.80. The first-order valence-electron chi connectivity index (χ1n) is 10.6. The molecular formula is C20H41N5O2. The molecule has 158 valence electrons. The third-order valence-corrected chi connectivity index (χ3v) is 5.96. The molecule has 2 rings (SSSR count). The van der Waals surface area contributed by atoms with Crippen LogP contribution in [0.5, 0.6) is 0 Å². The Morgan fingerprint density at radius 1 is 1.15 bits per heavy atom. The van der Waals surface area contributed by atoms with Gasteiger partial charge in [0.25, 0.3) is 0 Å². The zero-order valence-electron chi connectivity index (χ0n) is 17.8. The van der Waals surface area contributed by atoms with Gasteiger partial charge in [-0.1, -0.05) is 19.3 Å². The first-order chi connectivity index (χ1) is 13.2. The largest absolute Gasteiger partial charge is 0.383 e. The number of morpholine rings is 1. The molecule has 0 radical (unpaired) electrons. The van der Waals surface area contributed by atoms with Crippen LogP contribution < -0.4 is 10.6 Å². The molecule has 0 atom stereocenters. The minimum Gasteiger partial charge on any atom is -0.383 e. The standard InChI is InChI=1S/C20H41N5O2/c1-21-19(22-10-7-11-24(2)12-15-26-3)23-18-20(8-5-4-6-9-20)25-13-16-27-17-14-25/h4-18H2,1-3H3,(H2,21,22,23). The molecule has 2 N–H and O–H groups in total. The number of methoxy groups -OCH3 is 1. The zero-order valence-corrected chi connectivity index (χ0v) is 17.8. The SMILES string of the molecule is CN=C(NCCCN(C)CCOC)NCC1(N2CCOCC2)CCCCC1. The number of hydrogen-bond acceptors (Lipinski definition) is 5. The summed E-state index contributed by atoms with van der Waals surface area (Å²) in [7, 11) is 5.75. The molecular weight excluding hydrogens is 342 g/mol. The van der Waals surface area contributed by atoms with Crippen molar-refractivity contribution in [3.05, 3.63) is 0 Å². The third kappa shape index (κ3) is 7.56. The normalized spacial score (nSPS) is 21.4. The van der Waals surface area contributed by atoms with E-state index in [9.17, 15) is 0 Å². The predicted octanol–water partition coefficient (Wildman–Crippen LogP) is 1.15. The van der Waals surface area contributed by atoms with Gasteiger partial charge >= 0.3 is 0 Å². The van der Waals surface area contributed by atoms with E-state index in [1.165, 1.54) is 32.1 Å². The molecule has 0 bridgehead atoms. The van der Waals surface area contributed by atoms with Gasteiger partial charge in [-0.2, -0.15) is 0 Å². The molecule has 1 heterocycles. The van der Waals surface area contributed by atoms with E-state index >= 15 is 0 Å². The van der Waals surface area contributed by atoms with Crippen LogP contribution in [0, 0.1) is 0 Å². The van der Waals surface area contributed by atoms with Crippen molar-refractivity contribution in [2.75, 3.05) is 80.3 Å². The van der Waals surface area contributed by atoms with E-state index in [1.54, 1.807) is 7.11 Å². The second kappa shape index (κ2) is 12.5. The molecule has 7 heteroatoms. The van der Waals surface area contributed by atoms with Crippen molar-refractivity contribution in [3.8, 4) is 0 Å². The fraction of sp³-hybridized carbons (Fsp3) is 0.950. The Hall–Kier alpha value is -0.890. The number of ether oxygens (including phenoxy) is 2. The van der Waals surface area contributed by atoms with Gasteiger partial charge in [0.1, 0.15) is 0 Å². The molecule has 1 saturated carbocycles. The maximum Gasteiger partial charge on any atom is 0.191 e. The van der Waals surface area contributed by atoms with Gasteiger partial charge in [-0.15, -0.1) is 0 Å². The first kappa shape index (κ1) is 22.4. The van der Waals surface area contributed by atoms with Crippen LogP contribution >= 0.6 is 0 Å². The Morgan fingerprint density at radius 2 is 1.89 bits per heavy atom. The van der Waals surface area contributed by atoms with Gasteiger partial charge in [0, 0.05) is 52.4 Å². The van der Waals surface area contributed by atoms with Crippen LogP contribution in [0.1, 0.15) is 38.5 Å². The number of hydrogen-bond donors (Lipinski definition) is 2. The van der Waals surface area contributed by atoms with Crippen LogP contribution in [0.2, 0.25) is 0 Å². The predicted molar refractivity (Wildman–Crippen MR) is 112 cm³/mol. The maximum absolute atomic E-state index is 5.58. The molecule has 2 fully saturated rings. The van der Waals surface area contributed by atoms with Crippen molar-refractivity contribution in [1.29, 1.82) is 0 Å². The highest BCUT2D eigenvalue weighted by atomic mass is 16.5. The number of nitrogens with zero attached hydrogens (tertiary/aromatic N) is 3. The van der Waals surface area contributed by atoms with E-state index < -0.39 is 0 Å². The van der Waals surface area contributed by atoms with Crippen LogP contribution in [-0.4, -0.2) is 102 Å². The number of aliphatic imine (C=N–C) groups is 1. The van der Waals surface area contributed by atoms with Crippen molar-refractivity contribution in [1.82, 2.24) is 20.4 Å². The second-order valence-corrected chi connectivity index (χ2v) is 7.89. The van der Waals surface area contributed by atoms with E-state index in [-0.39, 0.29) is 5.54 Å². The van der Waals surface area contributed by atoms with Crippen molar-refractivity contribution in [2.24, 2.45) is 4.99 Å². The maximum atomic E-state index is 5.58. The van der Waals surface area contributed by atoms with Crippen LogP contribution in [0.3, 0.4) is 0 Å². The summed E-state index contributed by atoms with van der Waals surface area (Å²) in [5, 5.41) is 7.10. The van der Waals surface area contributed by atoms with Crippen molar-refractivity contribution < 1.29 is 9.47 Å². The van der Waals surface area contributed by atoms with Crippen LogP contribution in [0.25, 0.3) is 0 Å². The zero-order chi connectivity index (χ0) is 19.4. The molecule has 1 aliphatic heterocycles. The molecule has 0 aromatic rings. The smallest absolute Gasteiger partial charge is 0.191 e. The van der Waals surface area contributed by atoms with Crippen molar-refractivity contribution in [3.63, 3.8) is 0 Å². The summed E-state index contributed by atoms with van der Waals surface area (Å²) in [4.78, 5) is 9.40. The minimum atomic E-state index is 0.264. The molecule has 0 amide bonds. The highest BCUT2D eigenvalue weighted by Crippen LogP contribution is 2.33. The van der Waals surface area contributed by atoms with E-state index in [4.69, 9.17) is 9.47 Å². The average Bonchev–Trinajstić information content (AvgIpc) is 2.73. The third-order valence-electron chi connectivity index (χ3n) is 5.96. The average molecular weight is 384 g/mol. The van der Waals surface area contributed by atoms with Crippen LogP contribution in [-0.2, 0) is 9.47 Å². The summed E-state index contributed by atoms with van der Waals surface area (Å²) in [5.41, 5.74) is 0.264. The summed E-state index contributed by atoms with van der Waals surface area (Å²) in [5.74, 6) is 0.924. The van der Waals surface area contributed by atoms with E-state index in [1.807, 2.05) is 7.05 Å². The summed E-state index contributed by atoms with van der Waals surface area (Å²) in [6, 6.07) is 0. The van der Waals surface area contributed by atoms with Gasteiger partial charge in [-0.05, 0) is 32.9 Å². The van der Waals surface area contributed by atoms with Gasteiger partial charge in [-0.25, -0.2) is 0 Å². The highest BCUT2D eigenvalue weighted by molar-refractivity contribution is 5.79. The Labute approximate surface area is 165 Å². The van der Waals surface area contributed by atoms with Gasteiger partial charge < -0.3 is 25.0 Å². The van der Waals surface area contributed by atoms with Crippen LogP contribution in [0.15, 0.2) is 4.99 Å². The minimum absolute atomic E-state index is 0.264. The number of guanidine groups is 1. The summed E-state index contributed by atoms with van der Waals surface area (Å²) in [6.07, 6.45) is 7.69. The lowest BCUT2D eigenvalue weighted by molar-refractivity contribution is -0.0352. The topological polar surface area (TPSA) is 61.4 Å². The monoisotopic (exact) mass is 383 g/mol. The summed E-state index contributed by atoms with van der Waals surface area (Å²) < 4.78 is 10.7. The molecule has 0 aromatic carbocycles. The second-order valence-electron chi connectivity index (χ2n) is 7.89. The number of likely N-dealkylation sites (N-methyl/N-ethyl adjacent to an activating group) is 1. The van der Waals surface area contributed by atoms with Crippen molar-refractivity contribution >= 4 is 5.96 Å². The molecule has 0 unspecified atom stereocenters. The quantitative estimate of drug-likeness (QED) is 0.335. The Balaban J connectivity index is 1.75. The van der Waals surface area contributed by atoms with E-state index in [0.29, 0.717) is 0 Å². The van der Waals surface area contributed by atoms with Gasteiger partial charge in [-0.3, -0.25) is 9.89 Å². The Bertz CT molecular complexity index is 421. The number of rotatable bonds is 10. The first-order valence-corrected chi connectivity index (χ1v) is 10.6. The van der Waals surface area contributed by atoms with E-state index in [2.05, 4.69) is 32.5 Å². The molecule has 7 nitrogen and oxygen atoms in total. The molecule has 27 heavy (non-hydrogen) atoms. The van der Waals surface area contributed by atoms with Gasteiger partial charge in [0.05, 0.1) is 19.8 Å². The van der Waals surface area contributed by atoms with Gasteiger partial charge in [0.15, 0.2) is 5.96 Å². The lowest BCUT2D eigenvalue weighted by Crippen LogP contribution is -2.60. The fourth-order valence-corrected chi connectivity index (χ4v) is 4.24. The van der Waals surface area contributed by atoms with Crippen molar-refractivity contribution in [2.45, 2.75) is 44.1 Å². The Morgan fingerprint density at radius 3 is 2.56 bits per heavy atom. The summed E-state index contributed by atoms with van der Waals surface area (Å²) >= 11 is 0. The van der Waals surface area contributed by atoms with Gasteiger partial charge in [0.2, 0.25) is 0 Å². The summed E-state index contributed by atoms with van der Waals surface area (Å²) in [6.45, 7) is 8.58. The molecule has 0 spiro atoms. The molecule has 2 aliphatic rings. The van der Waals surface area contributed by atoms with E-state index in [0.717, 1.165) is 71.5 Å². The number of nitrogens with one attached hydrogen (secondary N) is 2. The molecule has 0 aromatic heterocycles. The molecule has 1 saturated heterocycles. The van der Waals surface area contributed by atoms with Crippen LogP contribution in [0.4, 0.5) is 0 Å². The lowest BCUT2D eigenvalue weighted by Gasteiger charge is -2.48. The molecule has 1 aliphatic carbocycles.